The highest BCUT2D eigenvalue weighted by molar-refractivity contribution is 9.10. The molecule has 0 heterocycles. The summed E-state index contributed by atoms with van der Waals surface area (Å²) in [5.74, 6) is -1.71. The van der Waals surface area contributed by atoms with Crippen molar-refractivity contribution in [2.75, 3.05) is 0 Å². The molecule has 5 heteroatoms. The monoisotopic (exact) mass is 344 g/mol. The van der Waals surface area contributed by atoms with Crippen LogP contribution in [0.1, 0.15) is 18.6 Å². The van der Waals surface area contributed by atoms with Gasteiger partial charge in [0.2, 0.25) is 0 Å². The summed E-state index contributed by atoms with van der Waals surface area (Å²) >= 11 is 4.71. The second kappa shape index (κ2) is 6.03. The van der Waals surface area contributed by atoms with Crippen molar-refractivity contribution in [1.29, 1.82) is 0 Å². The molecule has 2 aromatic carbocycles. The van der Waals surface area contributed by atoms with E-state index in [1.54, 1.807) is 13.0 Å². The Morgan fingerprint density at radius 3 is 2.26 bits per heavy atom. The molecule has 2 rings (SSSR count). The lowest BCUT2D eigenvalue weighted by molar-refractivity contribution is 0.198. The summed E-state index contributed by atoms with van der Waals surface area (Å²) in [5.41, 5.74) is 0.787. The van der Waals surface area contributed by atoms with Crippen molar-refractivity contribution in [2.45, 2.75) is 22.8 Å². The smallest absolute Gasteiger partial charge is 0.159 e. The number of hydrogen-bond donors (Lipinski definition) is 1. The maximum absolute atomic E-state index is 13.1. The fourth-order valence-electron chi connectivity index (χ4n) is 1.59. The summed E-state index contributed by atoms with van der Waals surface area (Å²) in [5, 5.41) is 9.52. The Bertz CT molecular complexity index is 602. The quantitative estimate of drug-likeness (QED) is 0.851. The molecule has 0 amide bonds. The highest BCUT2D eigenvalue weighted by Crippen LogP contribution is 2.33. The molecule has 2 aromatic rings. The maximum Gasteiger partial charge on any atom is 0.159 e. The molecule has 1 atom stereocenters. The zero-order valence-corrected chi connectivity index (χ0v) is 12.4. The highest BCUT2D eigenvalue weighted by atomic mass is 79.9. The normalized spacial score (nSPS) is 12.5. The molecule has 0 saturated carbocycles. The number of hydrogen-bond acceptors (Lipinski definition) is 2. The number of benzene rings is 2. The molecule has 19 heavy (non-hydrogen) atoms. The van der Waals surface area contributed by atoms with Gasteiger partial charge in [0.15, 0.2) is 11.6 Å². The Balaban J connectivity index is 2.24. The van der Waals surface area contributed by atoms with E-state index in [0.29, 0.717) is 4.90 Å². The third-order valence-corrected chi connectivity index (χ3v) is 4.21. The minimum Gasteiger partial charge on any atom is -0.389 e. The second-order valence-corrected chi connectivity index (χ2v) is 6.04. The summed E-state index contributed by atoms with van der Waals surface area (Å²) in [4.78, 5) is 1.50. The number of aliphatic hydroxyl groups is 1. The molecule has 0 aliphatic heterocycles. The van der Waals surface area contributed by atoms with Gasteiger partial charge in [-0.05, 0) is 42.8 Å². The lowest BCUT2D eigenvalue weighted by Crippen LogP contribution is -1.92. The molecule has 100 valence electrons. The van der Waals surface area contributed by atoms with Gasteiger partial charge in [0.1, 0.15) is 0 Å². The van der Waals surface area contributed by atoms with Crippen molar-refractivity contribution < 1.29 is 13.9 Å². The average molecular weight is 345 g/mol. The largest absolute Gasteiger partial charge is 0.389 e. The van der Waals surface area contributed by atoms with Gasteiger partial charge in [-0.25, -0.2) is 8.78 Å². The van der Waals surface area contributed by atoms with Crippen LogP contribution in [0.2, 0.25) is 0 Å². The van der Waals surface area contributed by atoms with Crippen LogP contribution >= 0.6 is 27.7 Å². The molecule has 0 aliphatic carbocycles. The van der Waals surface area contributed by atoms with E-state index in [1.807, 2.05) is 12.1 Å². The summed E-state index contributed by atoms with van der Waals surface area (Å²) in [6.07, 6.45) is -0.559. The Hall–Kier alpha value is -0.910. The summed E-state index contributed by atoms with van der Waals surface area (Å²) in [6, 6.07) is 9.27. The first-order valence-corrected chi connectivity index (χ1v) is 7.18. The molecule has 1 N–H and O–H groups in total. The molecule has 0 fully saturated rings. The van der Waals surface area contributed by atoms with Crippen LogP contribution in [0, 0.1) is 11.6 Å². The molecule has 0 aliphatic rings. The molecule has 0 radical (unpaired) electrons. The Morgan fingerprint density at radius 2 is 1.68 bits per heavy atom. The van der Waals surface area contributed by atoms with Crippen molar-refractivity contribution in [3.05, 3.63) is 58.1 Å². The van der Waals surface area contributed by atoms with E-state index in [4.69, 9.17) is 0 Å². The summed E-state index contributed by atoms with van der Waals surface area (Å²) < 4.78 is 26.7. The summed E-state index contributed by atoms with van der Waals surface area (Å²) in [7, 11) is 0. The number of rotatable bonds is 3. The van der Waals surface area contributed by atoms with E-state index >= 15 is 0 Å². The molecule has 0 saturated heterocycles. The van der Waals surface area contributed by atoms with Gasteiger partial charge in [0.05, 0.1) is 6.10 Å². The average Bonchev–Trinajstić information content (AvgIpc) is 2.33. The standard InChI is InChI=1S/C14H11BrF2OS/c1-8(18)11-4-2-9(6-12(11)15)19-10-3-5-13(16)14(17)7-10/h2-8,18H,1H3. The van der Waals surface area contributed by atoms with Gasteiger partial charge >= 0.3 is 0 Å². The van der Waals surface area contributed by atoms with Crippen molar-refractivity contribution in [3.63, 3.8) is 0 Å². The van der Waals surface area contributed by atoms with Gasteiger partial charge in [0.25, 0.3) is 0 Å². The zero-order valence-electron chi connectivity index (χ0n) is 10.0. The lowest BCUT2D eigenvalue weighted by Gasteiger charge is -2.09. The van der Waals surface area contributed by atoms with E-state index in [2.05, 4.69) is 15.9 Å². The minimum absolute atomic E-state index is 0.559. The van der Waals surface area contributed by atoms with E-state index in [1.165, 1.54) is 17.8 Å². The van der Waals surface area contributed by atoms with Gasteiger partial charge in [0, 0.05) is 14.3 Å². The lowest BCUT2D eigenvalue weighted by atomic mass is 10.1. The molecule has 1 unspecified atom stereocenters. The maximum atomic E-state index is 13.1. The Kier molecular flexibility index (Phi) is 4.60. The first kappa shape index (κ1) is 14.5. The first-order valence-electron chi connectivity index (χ1n) is 5.58. The highest BCUT2D eigenvalue weighted by Gasteiger charge is 2.08. The van der Waals surface area contributed by atoms with Crippen LogP contribution in [0.25, 0.3) is 0 Å². The fraction of sp³-hybridized carbons (Fsp3) is 0.143. The molecule has 0 bridgehead atoms. The Labute approximate surface area is 122 Å². The fourth-order valence-corrected chi connectivity index (χ4v) is 3.33. The van der Waals surface area contributed by atoms with Crippen LogP contribution in [0.4, 0.5) is 8.78 Å². The van der Waals surface area contributed by atoms with Crippen molar-refractivity contribution in [1.82, 2.24) is 0 Å². The first-order chi connectivity index (χ1) is 8.97. The summed E-state index contributed by atoms with van der Waals surface area (Å²) in [6.45, 7) is 1.68. The molecular formula is C14H11BrF2OS. The Morgan fingerprint density at radius 1 is 1.05 bits per heavy atom. The van der Waals surface area contributed by atoms with Gasteiger partial charge in [-0.3, -0.25) is 0 Å². The molecule has 1 nitrogen and oxygen atoms in total. The minimum atomic E-state index is -0.857. The van der Waals surface area contributed by atoms with Gasteiger partial charge in [-0.1, -0.05) is 33.8 Å². The van der Waals surface area contributed by atoms with E-state index < -0.39 is 17.7 Å². The van der Waals surface area contributed by atoms with Crippen LogP contribution in [0.5, 0.6) is 0 Å². The van der Waals surface area contributed by atoms with E-state index in [0.717, 1.165) is 27.1 Å². The van der Waals surface area contributed by atoms with Gasteiger partial charge in [-0.15, -0.1) is 0 Å². The van der Waals surface area contributed by atoms with Gasteiger partial charge in [-0.2, -0.15) is 0 Å². The van der Waals surface area contributed by atoms with E-state index in [9.17, 15) is 13.9 Å². The van der Waals surface area contributed by atoms with Crippen molar-refractivity contribution >= 4 is 27.7 Å². The van der Waals surface area contributed by atoms with Crippen LogP contribution in [0.15, 0.2) is 50.7 Å². The van der Waals surface area contributed by atoms with Crippen LogP contribution in [-0.2, 0) is 0 Å². The van der Waals surface area contributed by atoms with Gasteiger partial charge < -0.3 is 5.11 Å². The third-order valence-electron chi connectivity index (χ3n) is 2.55. The van der Waals surface area contributed by atoms with Crippen molar-refractivity contribution in [2.24, 2.45) is 0 Å². The SMILES string of the molecule is CC(O)c1ccc(Sc2ccc(F)c(F)c2)cc1Br. The topological polar surface area (TPSA) is 20.2 Å². The van der Waals surface area contributed by atoms with Crippen LogP contribution in [0.3, 0.4) is 0 Å². The zero-order chi connectivity index (χ0) is 14.0. The second-order valence-electron chi connectivity index (χ2n) is 4.04. The molecular weight excluding hydrogens is 334 g/mol. The number of halogens is 3. The molecule has 0 aromatic heterocycles. The predicted octanol–water partition coefficient (Wildman–Crippen LogP) is 4.93. The van der Waals surface area contributed by atoms with E-state index in [-0.39, 0.29) is 0 Å². The third kappa shape index (κ3) is 3.55. The molecule has 0 spiro atoms. The number of aliphatic hydroxyl groups excluding tert-OH is 1. The predicted molar refractivity (Wildman–Crippen MR) is 75.3 cm³/mol. The van der Waals surface area contributed by atoms with Crippen LogP contribution < -0.4 is 0 Å². The van der Waals surface area contributed by atoms with Crippen molar-refractivity contribution in [3.8, 4) is 0 Å². The van der Waals surface area contributed by atoms with Crippen LogP contribution in [-0.4, -0.2) is 5.11 Å².